The molecule has 0 amide bonds. The molecule has 0 bridgehead atoms. The average Bonchev–Trinajstić information content (AvgIpc) is 2.73. The van der Waals surface area contributed by atoms with Gasteiger partial charge in [0.15, 0.2) is 0 Å². The Morgan fingerprint density at radius 3 is 1.64 bits per heavy atom. The molecule has 5 heteroatoms. The third-order valence-electron chi connectivity index (χ3n) is 5.67. The van der Waals surface area contributed by atoms with Gasteiger partial charge in [-0.25, -0.2) is 0 Å². The van der Waals surface area contributed by atoms with E-state index in [-0.39, 0.29) is 0 Å². The Morgan fingerprint density at radius 1 is 0.720 bits per heavy atom. The summed E-state index contributed by atoms with van der Waals surface area (Å²) in [6, 6.07) is 8.60. The number of fused-ring (bicyclic) bond motifs is 7. The minimum atomic E-state index is -3.33. The number of rotatable bonds is 0. The van der Waals surface area contributed by atoms with Crippen LogP contribution in [0.25, 0.3) is 11.1 Å². The van der Waals surface area contributed by atoms with Crippen molar-refractivity contribution in [3.63, 3.8) is 0 Å². The maximum absolute atomic E-state index is 12.8. The minimum absolute atomic E-state index is 1.01. The second-order valence-electron chi connectivity index (χ2n) is 7.22. The largest absolute Gasteiger partial charge is 0.329 e. The molecule has 0 saturated carbocycles. The highest BCUT2D eigenvalue weighted by atomic mass is 33.1. The lowest BCUT2D eigenvalue weighted by molar-refractivity contribution is 0.514. The van der Waals surface area contributed by atoms with E-state index in [1.54, 1.807) is 0 Å². The fraction of sp³-hybridized carbons (Fsp3) is 0.400. The van der Waals surface area contributed by atoms with Crippen LogP contribution in [0.3, 0.4) is 0 Å². The molecule has 2 aromatic carbocycles. The molecule has 0 aromatic heterocycles. The number of benzene rings is 2. The third-order valence-corrected chi connectivity index (χ3v) is 11.1. The topological polar surface area (TPSA) is 37.3 Å². The average molecular weight is 388 g/mol. The molecule has 0 unspecified atom stereocenters. The van der Waals surface area contributed by atoms with Crippen molar-refractivity contribution in [2.45, 2.75) is 61.2 Å². The molecule has 1 heterocycles. The van der Waals surface area contributed by atoms with Crippen molar-refractivity contribution in [2.24, 2.45) is 0 Å². The molecule has 0 spiro atoms. The molecule has 2 aliphatic carbocycles. The van der Waals surface area contributed by atoms with E-state index in [1.807, 2.05) is 0 Å². The lowest BCUT2D eigenvalue weighted by Gasteiger charge is -2.26. The van der Waals surface area contributed by atoms with Crippen molar-refractivity contribution in [3.05, 3.63) is 46.5 Å². The molecule has 25 heavy (non-hydrogen) atoms. The van der Waals surface area contributed by atoms with Gasteiger partial charge in [0.05, 0.1) is 0 Å². The molecule has 0 fully saturated rings. The van der Waals surface area contributed by atoms with Crippen LogP contribution in [0.15, 0.2) is 34.1 Å². The summed E-state index contributed by atoms with van der Waals surface area (Å²) in [6.45, 7) is 0. The molecular formula is C20H21O2PS2. The van der Waals surface area contributed by atoms with Gasteiger partial charge in [-0.3, -0.25) is 4.57 Å². The van der Waals surface area contributed by atoms with Gasteiger partial charge in [0.2, 0.25) is 0 Å². The summed E-state index contributed by atoms with van der Waals surface area (Å²) in [5.41, 5.74) is 8.36. The zero-order valence-electron chi connectivity index (χ0n) is 14.1. The minimum Gasteiger partial charge on any atom is -0.329 e. The van der Waals surface area contributed by atoms with Gasteiger partial charge in [0, 0.05) is 20.9 Å². The first kappa shape index (κ1) is 16.5. The normalized spacial score (nSPS) is 20.7. The molecule has 3 aliphatic rings. The fourth-order valence-electron chi connectivity index (χ4n) is 4.58. The molecule has 5 rings (SSSR count). The molecule has 0 saturated heterocycles. The summed E-state index contributed by atoms with van der Waals surface area (Å²) in [5, 5.41) is 0. The number of hydrogen-bond donors (Lipinski definition) is 1. The van der Waals surface area contributed by atoms with Crippen LogP contribution in [0.4, 0.5) is 0 Å². The van der Waals surface area contributed by atoms with Crippen LogP contribution in [0.1, 0.15) is 47.9 Å². The van der Waals surface area contributed by atoms with Crippen LogP contribution >= 0.6 is 28.5 Å². The molecule has 2 nitrogen and oxygen atoms in total. The van der Waals surface area contributed by atoms with E-state index in [9.17, 15) is 9.46 Å². The van der Waals surface area contributed by atoms with Crippen LogP contribution in [-0.2, 0) is 30.2 Å². The van der Waals surface area contributed by atoms with Gasteiger partial charge < -0.3 is 4.89 Å². The Labute approximate surface area is 156 Å². The van der Waals surface area contributed by atoms with Crippen molar-refractivity contribution < 1.29 is 9.46 Å². The van der Waals surface area contributed by atoms with Gasteiger partial charge in [0.25, 0.3) is 0 Å². The zero-order valence-corrected chi connectivity index (χ0v) is 16.6. The first-order valence-corrected chi connectivity index (χ1v) is 13.6. The lowest BCUT2D eigenvalue weighted by Crippen LogP contribution is -2.09. The van der Waals surface area contributed by atoms with Gasteiger partial charge in [-0.05, 0) is 109 Å². The summed E-state index contributed by atoms with van der Waals surface area (Å²) in [5.74, 6) is -3.33. The monoisotopic (exact) mass is 388 g/mol. The maximum Gasteiger partial charge on any atom is 0.320 e. The summed E-state index contributed by atoms with van der Waals surface area (Å²) >= 11 is 2.38. The molecule has 1 aliphatic heterocycles. The Kier molecular flexibility index (Phi) is 4.09. The van der Waals surface area contributed by atoms with Crippen molar-refractivity contribution >= 4 is 28.5 Å². The summed E-state index contributed by atoms with van der Waals surface area (Å²) in [7, 11) is 0. The fourth-order valence-corrected chi connectivity index (χ4v) is 10.3. The zero-order chi connectivity index (χ0) is 17.0. The summed E-state index contributed by atoms with van der Waals surface area (Å²) in [4.78, 5) is 12.6. The van der Waals surface area contributed by atoms with Crippen LogP contribution in [-0.4, -0.2) is 4.89 Å². The predicted molar refractivity (Wildman–Crippen MR) is 107 cm³/mol. The second kappa shape index (κ2) is 6.20. The van der Waals surface area contributed by atoms with Gasteiger partial charge in [-0.2, -0.15) is 0 Å². The van der Waals surface area contributed by atoms with Gasteiger partial charge in [0.1, 0.15) is 0 Å². The maximum atomic E-state index is 12.8. The van der Waals surface area contributed by atoms with Crippen LogP contribution in [0.2, 0.25) is 0 Å². The van der Waals surface area contributed by atoms with E-state index in [0.29, 0.717) is 0 Å². The van der Waals surface area contributed by atoms with Crippen molar-refractivity contribution in [2.75, 3.05) is 0 Å². The highest BCUT2D eigenvalue weighted by Crippen LogP contribution is 2.74. The van der Waals surface area contributed by atoms with Gasteiger partial charge in [-0.1, -0.05) is 12.1 Å². The Hall–Kier alpha value is -0.670. The first-order valence-electron chi connectivity index (χ1n) is 9.14. The second-order valence-corrected chi connectivity index (χ2v) is 14.2. The molecule has 0 radical (unpaired) electrons. The summed E-state index contributed by atoms with van der Waals surface area (Å²) in [6.07, 6.45) is 9.44. The van der Waals surface area contributed by atoms with E-state index < -0.39 is 5.77 Å². The van der Waals surface area contributed by atoms with Crippen molar-refractivity contribution in [1.82, 2.24) is 0 Å². The highest BCUT2D eigenvalue weighted by Gasteiger charge is 2.34. The quantitative estimate of drug-likeness (QED) is 0.529. The van der Waals surface area contributed by atoms with Crippen LogP contribution in [0, 0.1) is 0 Å². The predicted octanol–water partition coefficient (Wildman–Crippen LogP) is 6.41. The SMILES string of the molecule is O=P1(O)Sc2ccc3c(c2-c2c(ccc4c2CCCC4)S1)CCCC3. The van der Waals surface area contributed by atoms with E-state index in [2.05, 4.69) is 24.3 Å². The Balaban J connectivity index is 1.86. The highest BCUT2D eigenvalue weighted by molar-refractivity contribution is 8.89. The number of hydrogen-bond acceptors (Lipinski definition) is 3. The van der Waals surface area contributed by atoms with E-state index in [1.165, 1.54) is 81.8 Å². The van der Waals surface area contributed by atoms with E-state index >= 15 is 0 Å². The van der Waals surface area contributed by atoms with E-state index in [4.69, 9.17) is 0 Å². The summed E-state index contributed by atoms with van der Waals surface area (Å²) < 4.78 is 12.8. The van der Waals surface area contributed by atoms with Crippen molar-refractivity contribution in [1.29, 1.82) is 0 Å². The standard InChI is InChI=1S/C20H21O2PS2/c21-23(22)24-17-11-9-13-5-1-3-7-15(13)19(17)20-16-8-4-2-6-14(16)10-12-18(20)25-23/h9-12H,1-8H2,(H,21,22). The van der Waals surface area contributed by atoms with E-state index in [0.717, 1.165) is 35.5 Å². The molecular weight excluding hydrogens is 367 g/mol. The van der Waals surface area contributed by atoms with Gasteiger partial charge >= 0.3 is 5.77 Å². The molecule has 0 atom stereocenters. The Morgan fingerprint density at radius 2 is 1.16 bits per heavy atom. The lowest BCUT2D eigenvalue weighted by atomic mass is 9.81. The van der Waals surface area contributed by atoms with Gasteiger partial charge in [-0.15, -0.1) is 0 Å². The first-order chi connectivity index (χ1) is 12.1. The van der Waals surface area contributed by atoms with Crippen molar-refractivity contribution in [3.8, 4) is 11.1 Å². The van der Waals surface area contributed by atoms with Crippen LogP contribution < -0.4 is 0 Å². The molecule has 130 valence electrons. The number of aryl methyl sites for hydroxylation is 2. The Bertz CT molecular complexity index is 851. The molecule has 1 N–H and O–H groups in total. The smallest absolute Gasteiger partial charge is 0.320 e. The molecule has 2 aromatic rings. The van der Waals surface area contributed by atoms with Crippen LogP contribution in [0.5, 0.6) is 0 Å². The third kappa shape index (κ3) is 2.82.